The van der Waals surface area contributed by atoms with Crippen molar-refractivity contribution in [3.8, 4) is 11.5 Å². The molecule has 0 aliphatic rings. The van der Waals surface area contributed by atoms with Gasteiger partial charge in [-0.1, -0.05) is 38.1 Å². The Balaban J connectivity index is 2.41. The van der Waals surface area contributed by atoms with E-state index < -0.39 is 28.5 Å². The van der Waals surface area contributed by atoms with Gasteiger partial charge in [-0.15, -0.1) is 0 Å². The van der Waals surface area contributed by atoms with Gasteiger partial charge in [-0.25, -0.2) is 8.42 Å². The van der Waals surface area contributed by atoms with Gasteiger partial charge < -0.3 is 19.7 Å². The predicted octanol–water partition coefficient (Wildman–Crippen LogP) is 3.05. The number of para-hydroxylation sites is 2. The maximum atomic E-state index is 13.6. The summed E-state index contributed by atoms with van der Waals surface area (Å²) in [5.41, 5.74) is 1.03. The van der Waals surface area contributed by atoms with Crippen LogP contribution in [0.25, 0.3) is 0 Å². The summed E-state index contributed by atoms with van der Waals surface area (Å²) in [7, 11) is -2.29. The zero-order chi connectivity index (χ0) is 26.9. The topological polar surface area (TPSA) is 105 Å². The maximum Gasteiger partial charge on any atom is 0.244 e. The van der Waals surface area contributed by atoms with Crippen LogP contribution in [0.5, 0.6) is 11.5 Å². The number of nitrogens with zero attached hydrogens (tertiary/aromatic N) is 2. The Hall–Kier alpha value is -3.27. The fourth-order valence-electron chi connectivity index (χ4n) is 3.50. The number of hydrogen-bond acceptors (Lipinski definition) is 6. The van der Waals surface area contributed by atoms with E-state index >= 15 is 0 Å². The minimum atomic E-state index is -3.85. The molecule has 0 radical (unpaired) electrons. The standard InChI is InChI=1S/C26H37N3O6S/c1-7-35-24-11-9-8-10-23(24)29(36(6,32)33)18-25(30)28(20(4)26(31)27-16-19(2)3)17-21-12-14-22(34-5)15-13-21/h8-15,19-20H,7,16-18H2,1-6H3,(H,27,31)/t20-/m1/s1. The van der Waals surface area contributed by atoms with Crippen molar-refractivity contribution in [3.63, 3.8) is 0 Å². The third-order valence-electron chi connectivity index (χ3n) is 5.48. The summed E-state index contributed by atoms with van der Waals surface area (Å²) in [5, 5.41) is 2.86. The molecule has 1 atom stereocenters. The number of carbonyl (C=O) groups excluding carboxylic acids is 2. The first kappa shape index (κ1) is 29.0. The molecule has 2 amide bonds. The van der Waals surface area contributed by atoms with Gasteiger partial charge in [0, 0.05) is 13.1 Å². The number of ether oxygens (including phenoxy) is 2. The van der Waals surface area contributed by atoms with E-state index in [4.69, 9.17) is 9.47 Å². The first-order valence-corrected chi connectivity index (χ1v) is 13.7. The first-order chi connectivity index (χ1) is 17.0. The van der Waals surface area contributed by atoms with Crippen LogP contribution >= 0.6 is 0 Å². The van der Waals surface area contributed by atoms with Crippen LogP contribution in [-0.2, 0) is 26.2 Å². The lowest BCUT2D eigenvalue weighted by molar-refractivity contribution is -0.139. The average Bonchev–Trinajstić information content (AvgIpc) is 2.84. The number of carbonyl (C=O) groups is 2. The third kappa shape index (κ3) is 8.15. The van der Waals surface area contributed by atoms with E-state index in [0.29, 0.717) is 24.7 Å². The highest BCUT2D eigenvalue weighted by Crippen LogP contribution is 2.30. The molecule has 0 heterocycles. The molecule has 0 spiro atoms. The Bertz CT molecular complexity index is 1120. The van der Waals surface area contributed by atoms with Gasteiger partial charge >= 0.3 is 0 Å². The molecule has 0 bridgehead atoms. The zero-order valence-electron chi connectivity index (χ0n) is 21.9. The Labute approximate surface area is 214 Å². The van der Waals surface area contributed by atoms with Crippen molar-refractivity contribution in [2.75, 3.05) is 37.4 Å². The van der Waals surface area contributed by atoms with E-state index in [1.165, 1.54) is 4.90 Å². The molecule has 0 aliphatic heterocycles. The maximum absolute atomic E-state index is 13.6. The summed E-state index contributed by atoms with van der Waals surface area (Å²) < 4.78 is 37.3. The van der Waals surface area contributed by atoms with Crippen molar-refractivity contribution in [1.82, 2.24) is 10.2 Å². The Kier molecular flexibility index (Phi) is 10.6. The highest BCUT2D eigenvalue weighted by Gasteiger charge is 2.31. The highest BCUT2D eigenvalue weighted by atomic mass is 32.2. The molecular weight excluding hydrogens is 482 g/mol. The van der Waals surface area contributed by atoms with E-state index in [0.717, 1.165) is 16.1 Å². The fourth-order valence-corrected chi connectivity index (χ4v) is 4.35. The van der Waals surface area contributed by atoms with Crippen molar-refractivity contribution >= 4 is 27.5 Å². The lowest BCUT2D eigenvalue weighted by Gasteiger charge is -2.32. The minimum absolute atomic E-state index is 0.115. The second kappa shape index (κ2) is 13.2. The Morgan fingerprint density at radius 3 is 2.22 bits per heavy atom. The number of nitrogens with one attached hydrogen (secondary N) is 1. The van der Waals surface area contributed by atoms with E-state index in [9.17, 15) is 18.0 Å². The average molecular weight is 520 g/mol. The van der Waals surface area contributed by atoms with E-state index in [2.05, 4.69) is 5.32 Å². The molecule has 0 saturated heterocycles. The van der Waals surface area contributed by atoms with Crippen molar-refractivity contribution in [2.45, 2.75) is 40.3 Å². The Morgan fingerprint density at radius 1 is 1.03 bits per heavy atom. The molecule has 36 heavy (non-hydrogen) atoms. The van der Waals surface area contributed by atoms with Crippen molar-refractivity contribution in [2.24, 2.45) is 5.92 Å². The van der Waals surface area contributed by atoms with Crippen LogP contribution in [0.4, 0.5) is 5.69 Å². The molecule has 0 unspecified atom stereocenters. The highest BCUT2D eigenvalue weighted by molar-refractivity contribution is 7.92. The predicted molar refractivity (Wildman–Crippen MR) is 141 cm³/mol. The van der Waals surface area contributed by atoms with Gasteiger partial charge in [0.2, 0.25) is 21.8 Å². The summed E-state index contributed by atoms with van der Waals surface area (Å²) in [4.78, 5) is 27.9. The van der Waals surface area contributed by atoms with Crippen LogP contribution in [0.15, 0.2) is 48.5 Å². The van der Waals surface area contributed by atoms with Crippen LogP contribution in [0.2, 0.25) is 0 Å². The normalized spacial score (nSPS) is 12.1. The molecule has 10 heteroatoms. The summed E-state index contributed by atoms with van der Waals surface area (Å²) in [6, 6.07) is 13.0. The lowest BCUT2D eigenvalue weighted by Crippen LogP contribution is -2.51. The first-order valence-electron chi connectivity index (χ1n) is 11.9. The number of amides is 2. The molecular formula is C26H37N3O6S. The quantitative estimate of drug-likeness (QED) is 0.436. The molecule has 0 saturated carbocycles. The molecule has 0 aromatic heterocycles. The van der Waals surface area contributed by atoms with Crippen molar-refractivity contribution in [3.05, 3.63) is 54.1 Å². The van der Waals surface area contributed by atoms with E-state index in [1.807, 2.05) is 13.8 Å². The lowest BCUT2D eigenvalue weighted by atomic mass is 10.1. The van der Waals surface area contributed by atoms with E-state index in [-0.39, 0.29) is 24.1 Å². The second-order valence-corrected chi connectivity index (χ2v) is 10.8. The van der Waals surface area contributed by atoms with Gasteiger partial charge in [-0.2, -0.15) is 0 Å². The summed E-state index contributed by atoms with van der Waals surface area (Å²) in [5.74, 6) is 0.418. The molecule has 2 aromatic carbocycles. The van der Waals surface area contributed by atoms with Gasteiger partial charge in [0.05, 0.1) is 25.7 Å². The molecule has 0 aliphatic carbocycles. The van der Waals surface area contributed by atoms with Crippen LogP contribution in [0.1, 0.15) is 33.3 Å². The number of rotatable bonds is 13. The summed E-state index contributed by atoms with van der Waals surface area (Å²) >= 11 is 0. The number of methoxy groups -OCH3 is 1. The summed E-state index contributed by atoms with van der Waals surface area (Å²) in [6.07, 6.45) is 1.04. The molecule has 0 fully saturated rings. The number of sulfonamides is 1. The molecule has 2 rings (SSSR count). The second-order valence-electron chi connectivity index (χ2n) is 8.86. The Morgan fingerprint density at radius 2 is 1.67 bits per heavy atom. The largest absolute Gasteiger partial charge is 0.497 e. The molecule has 2 aromatic rings. The molecule has 198 valence electrons. The fraction of sp³-hybridized carbons (Fsp3) is 0.462. The van der Waals surface area contributed by atoms with Gasteiger partial charge in [-0.3, -0.25) is 13.9 Å². The molecule has 9 nitrogen and oxygen atoms in total. The van der Waals surface area contributed by atoms with Gasteiger partial charge in [-0.05, 0) is 49.6 Å². The smallest absolute Gasteiger partial charge is 0.244 e. The molecule has 1 N–H and O–H groups in total. The third-order valence-corrected chi connectivity index (χ3v) is 6.60. The summed E-state index contributed by atoms with van der Waals surface area (Å²) in [6.45, 7) is 7.81. The van der Waals surface area contributed by atoms with Crippen LogP contribution in [-0.4, -0.2) is 64.2 Å². The van der Waals surface area contributed by atoms with Gasteiger partial charge in [0.25, 0.3) is 0 Å². The minimum Gasteiger partial charge on any atom is -0.497 e. The van der Waals surface area contributed by atoms with Crippen molar-refractivity contribution < 1.29 is 27.5 Å². The van der Waals surface area contributed by atoms with Crippen LogP contribution < -0.4 is 19.1 Å². The van der Waals surface area contributed by atoms with Crippen LogP contribution in [0, 0.1) is 5.92 Å². The van der Waals surface area contributed by atoms with Gasteiger partial charge in [0.1, 0.15) is 24.1 Å². The van der Waals surface area contributed by atoms with Crippen LogP contribution in [0.3, 0.4) is 0 Å². The number of anilines is 1. The van der Waals surface area contributed by atoms with E-state index in [1.54, 1.807) is 69.5 Å². The number of benzene rings is 2. The monoisotopic (exact) mass is 519 g/mol. The van der Waals surface area contributed by atoms with Crippen molar-refractivity contribution in [1.29, 1.82) is 0 Å². The SMILES string of the molecule is CCOc1ccccc1N(CC(=O)N(Cc1ccc(OC)cc1)[C@H](C)C(=O)NCC(C)C)S(C)(=O)=O. The zero-order valence-corrected chi connectivity index (χ0v) is 22.7. The van der Waals surface area contributed by atoms with Gasteiger partial charge in [0.15, 0.2) is 0 Å². The number of hydrogen-bond donors (Lipinski definition) is 1.